The Kier molecular flexibility index (Phi) is 4.51. The summed E-state index contributed by atoms with van der Waals surface area (Å²) in [6, 6.07) is 13.9. The molecule has 2 aromatic rings. The smallest absolute Gasteiger partial charge is 0.235 e. The molecule has 1 aliphatic rings. The molecule has 0 atom stereocenters. The van der Waals surface area contributed by atoms with Gasteiger partial charge < -0.3 is 4.74 Å². The standard InChI is InChI=1S/C19H18ClNO2/c1-14-10-16(19(21-13-22)8-5-9-19)11-17(20)18(14)23-12-15-6-3-2-4-7-15/h2-4,6-7,10-11H,5,8-9,12H2,1H3. The monoisotopic (exact) mass is 327 g/mol. The van der Waals surface area contributed by atoms with Crippen LogP contribution in [0.1, 0.15) is 36.0 Å². The Balaban J connectivity index is 1.84. The first kappa shape index (κ1) is 15.8. The average Bonchev–Trinajstić information content (AvgIpc) is 2.51. The fraction of sp³-hybridized carbons (Fsp3) is 0.316. The van der Waals surface area contributed by atoms with Crippen LogP contribution in [0.15, 0.2) is 47.5 Å². The van der Waals surface area contributed by atoms with Crippen molar-refractivity contribution in [2.75, 3.05) is 0 Å². The van der Waals surface area contributed by atoms with E-state index in [2.05, 4.69) is 4.99 Å². The summed E-state index contributed by atoms with van der Waals surface area (Å²) in [4.78, 5) is 14.8. The Morgan fingerprint density at radius 3 is 2.57 bits per heavy atom. The maximum atomic E-state index is 10.7. The van der Waals surface area contributed by atoms with E-state index in [9.17, 15) is 4.79 Å². The molecule has 118 valence electrons. The van der Waals surface area contributed by atoms with Gasteiger partial charge in [-0.1, -0.05) is 41.9 Å². The molecule has 0 aliphatic heterocycles. The van der Waals surface area contributed by atoms with Gasteiger partial charge in [0.15, 0.2) is 0 Å². The minimum atomic E-state index is -0.436. The van der Waals surface area contributed by atoms with Crippen LogP contribution in [0.3, 0.4) is 0 Å². The third-order valence-electron chi connectivity index (χ3n) is 4.43. The number of isocyanates is 1. The van der Waals surface area contributed by atoms with Crippen LogP contribution >= 0.6 is 11.6 Å². The molecule has 2 aromatic carbocycles. The number of halogens is 1. The maximum absolute atomic E-state index is 10.7. The highest BCUT2D eigenvalue weighted by atomic mass is 35.5. The number of benzene rings is 2. The van der Waals surface area contributed by atoms with Gasteiger partial charge in [-0.05, 0) is 55.0 Å². The van der Waals surface area contributed by atoms with Crippen molar-refractivity contribution in [3.05, 3.63) is 64.2 Å². The second kappa shape index (κ2) is 6.57. The van der Waals surface area contributed by atoms with Gasteiger partial charge in [0, 0.05) is 0 Å². The second-order valence-corrected chi connectivity index (χ2v) is 6.37. The molecule has 0 amide bonds. The molecule has 1 fully saturated rings. The van der Waals surface area contributed by atoms with Crippen molar-refractivity contribution in [2.24, 2.45) is 4.99 Å². The van der Waals surface area contributed by atoms with Crippen LogP contribution in [0.5, 0.6) is 5.75 Å². The number of rotatable bonds is 5. The molecule has 0 heterocycles. The van der Waals surface area contributed by atoms with Gasteiger partial charge >= 0.3 is 0 Å². The van der Waals surface area contributed by atoms with Crippen LogP contribution in [0.2, 0.25) is 5.02 Å². The predicted molar refractivity (Wildman–Crippen MR) is 90.6 cm³/mol. The summed E-state index contributed by atoms with van der Waals surface area (Å²) in [5.74, 6) is 0.684. The Morgan fingerprint density at radius 2 is 2.00 bits per heavy atom. The molecule has 1 saturated carbocycles. The first-order chi connectivity index (χ1) is 11.1. The zero-order chi connectivity index (χ0) is 16.3. The lowest BCUT2D eigenvalue weighted by atomic mass is 9.72. The molecular formula is C19H18ClNO2. The lowest BCUT2D eigenvalue weighted by Gasteiger charge is -2.37. The van der Waals surface area contributed by atoms with Crippen molar-refractivity contribution >= 4 is 17.7 Å². The molecule has 0 N–H and O–H groups in total. The quantitative estimate of drug-likeness (QED) is 0.576. The summed E-state index contributed by atoms with van der Waals surface area (Å²) in [6.07, 6.45) is 4.50. The number of aliphatic imine (C=N–C) groups is 1. The largest absolute Gasteiger partial charge is 0.487 e. The van der Waals surface area contributed by atoms with E-state index in [-0.39, 0.29) is 0 Å². The van der Waals surface area contributed by atoms with Crippen LogP contribution in [0.25, 0.3) is 0 Å². The Morgan fingerprint density at radius 1 is 1.26 bits per heavy atom. The van der Waals surface area contributed by atoms with Crippen LogP contribution in [0, 0.1) is 6.92 Å². The zero-order valence-corrected chi connectivity index (χ0v) is 13.8. The molecule has 1 aliphatic carbocycles. The van der Waals surface area contributed by atoms with Crippen molar-refractivity contribution in [3.8, 4) is 5.75 Å². The van der Waals surface area contributed by atoms with E-state index >= 15 is 0 Å². The third-order valence-corrected chi connectivity index (χ3v) is 4.71. The summed E-state index contributed by atoms with van der Waals surface area (Å²) in [7, 11) is 0. The molecule has 0 aromatic heterocycles. The van der Waals surface area contributed by atoms with Gasteiger partial charge in [-0.3, -0.25) is 0 Å². The molecule has 3 nitrogen and oxygen atoms in total. The number of hydrogen-bond donors (Lipinski definition) is 0. The van der Waals surface area contributed by atoms with Crippen LogP contribution in [-0.4, -0.2) is 6.08 Å². The molecular weight excluding hydrogens is 310 g/mol. The summed E-state index contributed by atoms with van der Waals surface area (Å²) in [5, 5.41) is 0.559. The molecule has 0 radical (unpaired) electrons. The van der Waals surface area contributed by atoms with Gasteiger partial charge in [0.2, 0.25) is 6.08 Å². The zero-order valence-electron chi connectivity index (χ0n) is 13.0. The molecule has 3 rings (SSSR count). The van der Waals surface area contributed by atoms with Gasteiger partial charge in [0.1, 0.15) is 12.4 Å². The van der Waals surface area contributed by atoms with Crippen molar-refractivity contribution in [2.45, 2.75) is 38.3 Å². The number of ether oxygens (including phenoxy) is 1. The first-order valence-corrected chi connectivity index (χ1v) is 8.09. The SMILES string of the molecule is Cc1cc(C2(N=C=O)CCC2)cc(Cl)c1OCc1ccccc1. The van der Waals surface area contributed by atoms with Crippen molar-refractivity contribution in [1.29, 1.82) is 0 Å². The van der Waals surface area contributed by atoms with Crippen LogP contribution in [0.4, 0.5) is 0 Å². The van der Waals surface area contributed by atoms with Crippen molar-refractivity contribution < 1.29 is 9.53 Å². The van der Waals surface area contributed by atoms with E-state index in [0.717, 1.165) is 36.0 Å². The lowest BCUT2D eigenvalue weighted by Crippen LogP contribution is -2.32. The van der Waals surface area contributed by atoms with Gasteiger partial charge in [-0.25, -0.2) is 4.79 Å². The third kappa shape index (κ3) is 3.17. The fourth-order valence-electron chi connectivity index (χ4n) is 2.98. The summed E-state index contributed by atoms with van der Waals surface area (Å²) >= 11 is 6.42. The van der Waals surface area contributed by atoms with Gasteiger partial charge in [-0.2, -0.15) is 4.99 Å². The summed E-state index contributed by atoms with van der Waals surface area (Å²) < 4.78 is 5.89. The maximum Gasteiger partial charge on any atom is 0.235 e. The Hall–Kier alpha value is -2.09. The second-order valence-electron chi connectivity index (χ2n) is 5.97. The number of nitrogens with zero attached hydrogens (tertiary/aromatic N) is 1. The van der Waals surface area contributed by atoms with E-state index < -0.39 is 5.54 Å². The normalized spacial score (nSPS) is 15.4. The highest BCUT2D eigenvalue weighted by Crippen LogP contribution is 2.47. The molecule has 0 spiro atoms. The van der Waals surface area contributed by atoms with Gasteiger partial charge in [0.25, 0.3) is 0 Å². The van der Waals surface area contributed by atoms with Crippen molar-refractivity contribution in [3.63, 3.8) is 0 Å². The average molecular weight is 328 g/mol. The molecule has 0 saturated heterocycles. The fourth-order valence-corrected chi connectivity index (χ4v) is 3.30. The predicted octanol–water partition coefficient (Wildman–Crippen LogP) is 4.94. The lowest BCUT2D eigenvalue weighted by molar-refractivity contribution is 0.255. The van der Waals surface area contributed by atoms with Crippen molar-refractivity contribution in [1.82, 2.24) is 0 Å². The Labute approximate surface area is 141 Å². The van der Waals surface area contributed by atoms with E-state index in [1.54, 1.807) is 6.08 Å². The van der Waals surface area contributed by atoms with E-state index in [1.807, 2.05) is 49.4 Å². The minimum Gasteiger partial charge on any atom is -0.487 e. The molecule has 4 heteroatoms. The van der Waals surface area contributed by atoms with E-state index in [0.29, 0.717) is 17.4 Å². The van der Waals surface area contributed by atoms with Gasteiger partial charge in [-0.15, -0.1) is 0 Å². The van der Waals surface area contributed by atoms with Gasteiger partial charge in [0.05, 0.1) is 10.6 Å². The summed E-state index contributed by atoms with van der Waals surface area (Å²) in [6.45, 7) is 2.44. The highest BCUT2D eigenvalue weighted by molar-refractivity contribution is 6.32. The molecule has 0 unspecified atom stereocenters. The number of aryl methyl sites for hydroxylation is 1. The highest BCUT2D eigenvalue weighted by Gasteiger charge is 2.39. The first-order valence-electron chi connectivity index (χ1n) is 7.71. The Bertz CT molecular complexity index is 724. The number of carbonyl (C=O) groups excluding carboxylic acids is 1. The molecule has 23 heavy (non-hydrogen) atoms. The number of hydrogen-bond acceptors (Lipinski definition) is 3. The van der Waals surface area contributed by atoms with Crippen LogP contribution in [-0.2, 0) is 16.9 Å². The van der Waals surface area contributed by atoms with E-state index in [4.69, 9.17) is 16.3 Å². The van der Waals surface area contributed by atoms with Crippen LogP contribution < -0.4 is 4.74 Å². The summed E-state index contributed by atoms with van der Waals surface area (Å²) in [5.41, 5.74) is 2.58. The molecule has 0 bridgehead atoms. The topological polar surface area (TPSA) is 38.7 Å². The van der Waals surface area contributed by atoms with E-state index in [1.165, 1.54) is 0 Å². The minimum absolute atomic E-state index is 0.436.